The van der Waals surface area contributed by atoms with Gasteiger partial charge >= 0.3 is 6.09 Å². The molecule has 1 aromatic rings. The fourth-order valence-electron chi connectivity index (χ4n) is 4.33. The summed E-state index contributed by atoms with van der Waals surface area (Å²) in [5.74, 6) is 0. The Balaban J connectivity index is 1.77. The second kappa shape index (κ2) is 9.69. The Kier molecular flexibility index (Phi) is 7.49. The maximum Gasteiger partial charge on any atom is 0.410 e. The van der Waals surface area contributed by atoms with Crippen LogP contribution in [0.1, 0.15) is 63.1 Å². The highest BCUT2D eigenvalue weighted by molar-refractivity contribution is 9.10. The molecule has 0 atom stereocenters. The lowest BCUT2D eigenvalue weighted by Crippen LogP contribution is -2.38. The van der Waals surface area contributed by atoms with Gasteiger partial charge in [-0.3, -0.25) is 0 Å². The molecular formula is C23H35BrN2O3. The summed E-state index contributed by atoms with van der Waals surface area (Å²) >= 11 is 3.94. The molecule has 0 fully saturated rings. The normalized spacial score (nSPS) is 16.9. The van der Waals surface area contributed by atoms with Crippen molar-refractivity contribution >= 4 is 27.7 Å². The second-order valence-electron chi connectivity index (χ2n) is 9.18. The van der Waals surface area contributed by atoms with E-state index in [1.807, 2.05) is 25.7 Å². The Bertz CT molecular complexity index is 730. The first-order valence-electron chi connectivity index (χ1n) is 11.0. The van der Waals surface area contributed by atoms with Crippen LogP contribution in [0.3, 0.4) is 0 Å². The van der Waals surface area contributed by atoms with E-state index in [1.54, 1.807) is 0 Å². The molecule has 6 heteroatoms. The van der Waals surface area contributed by atoms with Gasteiger partial charge in [0.05, 0.1) is 5.69 Å². The van der Waals surface area contributed by atoms with Crippen molar-refractivity contribution in [3.63, 3.8) is 0 Å². The van der Waals surface area contributed by atoms with Crippen LogP contribution in [0.2, 0.25) is 0 Å². The fourth-order valence-corrected chi connectivity index (χ4v) is 5.28. The van der Waals surface area contributed by atoms with Gasteiger partial charge in [-0.15, -0.1) is 0 Å². The highest BCUT2D eigenvalue weighted by atomic mass is 79.9. The number of carbonyl (C=O) groups is 1. The van der Waals surface area contributed by atoms with Crippen molar-refractivity contribution in [2.45, 2.75) is 71.3 Å². The summed E-state index contributed by atoms with van der Waals surface area (Å²) < 4.78 is 6.81. The van der Waals surface area contributed by atoms with Crippen molar-refractivity contribution in [2.75, 3.05) is 37.7 Å². The molecule has 0 saturated carbocycles. The number of benzene rings is 1. The van der Waals surface area contributed by atoms with Gasteiger partial charge in [0, 0.05) is 37.3 Å². The molecule has 0 unspecified atom stereocenters. The minimum absolute atomic E-state index is 0.211. The van der Waals surface area contributed by atoms with Crippen LogP contribution in [0.5, 0.6) is 0 Å². The minimum atomic E-state index is -0.466. The number of nitrogens with zero attached hydrogens (tertiary/aromatic N) is 2. The predicted molar refractivity (Wildman–Crippen MR) is 121 cm³/mol. The monoisotopic (exact) mass is 466 g/mol. The van der Waals surface area contributed by atoms with E-state index in [0.717, 1.165) is 51.6 Å². The van der Waals surface area contributed by atoms with Crippen LogP contribution in [0, 0.1) is 0 Å². The number of fused-ring (bicyclic) bond motifs is 2. The summed E-state index contributed by atoms with van der Waals surface area (Å²) in [4.78, 5) is 16.9. The van der Waals surface area contributed by atoms with E-state index in [9.17, 15) is 4.79 Å². The van der Waals surface area contributed by atoms with Crippen molar-refractivity contribution in [3.8, 4) is 0 Å². The van der Waals surface area contributed by atoms with Crippen LogP contribution in [0.4, 0.5) is 10.5 Å². The number of aryl methyl sites for hydroxylation is 1. The third kappa shape index (κ3) is 5.66. The van der Waals surface area contributed by atoms with Gasteiger partial charge in [-0.25, -0.2) is 4.79 Å². The van der Waals surface area contributed by atoms with E-state index in [1.165, 1.54) is 33.3 Å². The molecule has 2 aliphatic heterocycles. The Morgan fingerprint density at radius 3 is 2.59 bits per heavy atom. The van der Waals surface area contributed by atoms with Gasteiger partial charge < -0.3 is 19.6 Å². The molecule has 0 spiro atoms. The zero-order chi connectivity index (χ0) is 21.0. The maximum atomic E-state index is 12.5. The molecule has 29 heavy (non-hydrogen) atoms. The number of aliphatic hydroxyl groups is 1. The quantitative estimate of drug-likeness (QED) is 0.638. The second-order valence-corrected chi connectivity index (χ2v) is 9.97. The first-order valence-corrected chi connectivity index (χ1v) is 11.8. The van der Waals surface area contributed by atoms with E-state index in [4.69, 9.17) is 9.84 Å². The van der Waals surface area contributed by atoms with Crippen molar-refractivity contribution in [1.29, 1.82) is 0 Å². The molecule has 1 amide bonds. The first-order chi connectivity index (χ1) is 13.8. The average molecular weight is 467 g/mol. The third-order valence-electron chi connectivity index (χ3n) is 5.72. The molecule has 162 valence electrons. The zero-order valence-corrected chi connectivity index (χ0v) is 19.7. The standard InChI is InChI=1S/C23H35BrN2O3/c1-23(2,3)29-22(28)26-13-9-17-16-18-8-7-12-25(11-5-4-6-15-27)21(18)20(24)19(17)10-14-26/h16,27H,4-15H2,1-3H3. The van der Waals surface area contributed by atoms with Gasteiger partial charge in [0.15, 0.2) is 0 Å². The molecule has 1 aromatic carbocycles. The summed E-state index contributed by atoms with van der Waals surface area (Å²) in [5.41, 5.74) is 5.02. The molecule has 0 radical (unpaired) electrons. The fraction of sp³-hybridized carbons (Fsp3) is 0.696. The van der Waals surface area contributed by atoms with Crippen LogP contribution in [0.25, 0.3) is 0 Å². The van der Waals surface area contributed by atoms with Crippen LogP contribution in [0.15, 0.2) is 10.5 Å². The first kappa shape index (κ1) is 22.4. The minimum Gasteiger partial charge on any atom is -0.444 e. The number of hydrogen-bond acceptors (Lipinski definition) is 4. The van der Waals surface area contributed by atoms with Gasteiger partial charge in [-0.2, -0.15) is 0 Å². The lowest BCUT2D eigenvalue weighted by Gasteiger charge is -2.34. The summed E-state index contributed by atoms with van der Waals surface area (Å²) in [7, 11) is 0. The van der Waals surface area contributed by atoms with Gasteiger partial charge in [-0.1, -0.05) is 6.07 Å². The van der Waals surface area contributed by atoms with E-state index < -0.39 is 5.60 Å². The number of rotatable bonds is 5. The van der Waals surface area contributed by atoms with Crippen molar-refractivity contribution in [3.05, 3.63) is 27.2 Å². The molecule has 3 rings (SSSR count). The summed E-state index contributed by atoms with van der Waals surface area (Å²) in [6.45, 7) is 9.55. The van der Waals surface area contributed by atoms with Gasteiger partial charge in [-0.05, 0) is 98.3 Å². The van der Waals surface area contributed by atoms with Crippen LogP contribution in [-0.2, 0) is 24.0 Å². The topological polar surface area (TPSA) is 53.0 Å². The molecule has 1 N–H and O–H groups in total. The Morgan fingerprint density at radius 2 is 1.86 bits per heavy atom. The number of carbonyl (C=O) groups excluding carboxylic acids is 1. The smallest absolute Gasteiger partial charge is 0.410 e. The summed E-state index contributed by atoms with van der Waals surface area (Å²) in [6.07, 6.45) is 6.86. The largest absolute Gasteiger partial charge is 0.444 e. The zero-order valence-electron chi connectivity index (χ0n) is 18.1. The maximum absolute atomic E-state index is 12.5. The predicted octanol–water partition coefficient (Wildman–Crippen LogP) is 4.70. The molecular weight excluding hydrogens is 432 g/mol. The Morgan fingerprint density at radius 1 is 1.10 bits per heavy atom. The number of amides is 1. The summed E-state index contributed by atoms with van der Waals surface area (Å²) in [6, 6.07) is 2.38. The van der Waals surface area contributed by atoms with E-state index in [2.05, 4.69) is 26.9 Å². The number of ether oxygens (including phenoxy) is 1. The molecule has 2 heterocycles. The summed E-state index contributed by atoms with van der Waals surface area (Å²) in [5, 5.41) is 9.03. The van der Waals surface area contributed by atoms with Crippen LogP contribution < -0.4 is 4.90 Å². The molecule has 0 bridgehead atoms. The molecule has 5 nitrogen and oxygen atoms in total. The molecule has 0 saturated heterocycles. The van der Waals surface area contributed by atoms with Gasteiger partial charge in [0.25, 0.3) is 0 Å². The highest BCUT2D eigenvalue weighted by Crippen LogP contribution is 2.40. The molecule has 0 aliphatic carbocycles. The van der Waals surface area contributed by atoms with Gasteiger partial charge in [0.2, 0.25) is 0 Å². The van der Waals surface area contributed by atoms with Crippen molar-refractivity contribution in [2.24, 2.45) is 0 Å². The number of hydrogen-bond donors (Lipinski definition) is 1. The average Bonchev–Trinajstić information content (AvgIpc) is 2.87. The van der Waals surface area contributed by atoms with Crippen LogP contribution in [-0.4, -0.2) is 54.5 Å². The Labute approximate surface area is 183 Å². The lowest BCUT2D eigenvalue weighted by atomic mass is 9.93. The SMILES string of the molecule is CC(C)(C)OC(=O)N1CCc2cc3c(c(Br)c2CC1)N(CCCCCO)CCC3. The van der Waals surface area contributed by atoms with Crippen LogP contribution >= 0.6 is 15.9 Å². The number of halogens is 1. The number of aliphatic hydroxyl groups excluding tert-OH is 1. The highest BCUT2D eigenvalue weighted by Gasteiger charge is 2.28. The van der Waals surface area contributed by atoms with E-state index in [0.29, 0.717) is 13.1 Å². The molecule has 2 aliphatic rings. The van der Waals surface area contributed by atoms with Crippen molar-refractivity contribution < 1.29 is 14.6 Å². The van der Waals surface area contributed by atoms with E-state index >= 15 is 0 Å². The van der Waals surface area contributed by atoms with Crippen molar-refractivity contribution in [1.82, 2.24) is 4.90 Å². The number of unbranched alkanes of at least 4 members (excludes halogenated alkanes) is 2. The lowest BCUT2D eigenvalue weighted by molar-refractivity contribution is 0.0258. The molecule has 0 aromatic heterocycles. The number of anilines is 1. The third-order valence-corrected chi connectivity index (χ3v) is 6.58. The van der Waals surface area contributed by atoms with Gasteiger partial charge in [0.1, 0.15) is 5.60 Å². The van der Waals surface area contributed by atoms with E-state index in [-0.39, 0.29) is 12.7 Å². The Hall–Kier alpha value is -1.27.